The molecular weight excluding hydrogens is 326 g/mol. The second-order valence-corrected chi connectivity index (χ2v) is 6.20. The molecule has 1 N–H and O–H groups in total. The molecule has 1 aromatic carbocycles. The zero-order valence-corrected chi connectivity index (χ0v) is 14.9. The number of fused-ring (bicyclic) bond motifs is 1. The van der Waals surface area contributed by atoms with Gasteiger partial charge >= 0.3 is 0 Å². The Morgan fingerprint density at radius 3 is 2.65 bits per heavy atom. The molecule has 3 aromatic heterocycles. The SMILES string of the molecule is Cc1nc(C)n(CCCNc2cc(-c3ccccc3)nc3ccnn23)n1. The monoisotopic (exact) mass is 347 g/mol. The normalized spacial score (nSPS) is 11.2. The highest BCUT2D eigenvalue weighted by molar-refractivity contribution is 5.66. The summed E-state index contributed by atoms with van der Waals surface area (Å²) in [5.74, 6) is 2.70. The van der Waals surface area contributed by atoms with Crippen LogP contribution in [0.2, 0.25) is 0 Å². The molecule has 0 aliphatic rings. The molecule has 0 radical (unpaired) electrons. The summed E-state index contributed by atoms with van der Waals surface area (Å²) in [5, 5.41) is 12.3. The average molecular weight is 347 g/mol. The molecule has 0 bridgehead atoms. The molecule has 0 fully saturated rings. The molecular formula is C19H21N7. The molecule has 0 amide bonds. The van der Waals surface area contributed by atoms with Gasteiger partial charge in [-0.25, -0.2) is 9.97 Å². The van der Waals surface area contributed by atoms with E-state index in [0.717, 1.165) is 53.9 Å². The van der Waals surface area contributed by atoms with Gasteiger partial charge in [0, 0.05) is 30.8 Å². The molecule has 26 heavy (non-hydrogen) atoms. The topological polar surface area (TPSA) is 72.9 Å². The van der Waals surface area contributed by atoms with Crippen molar-refractivity contribution >= 4 is 11.5 Å². The van der Waals surface area contributed by atoms with Gasteiger partial charge in [-0.15, -0.1) is 0 Å². The maximum atomic E-state index is 4.69. The molecule has 0 spiro atoms. The van der Waals surface area contributed by atoms with E-state index in [0.29, 0.717) is 0 Å². The Morgan fingerprint density at radius 1 is 1.04 bits per heavy atom. The number of aromatic nitrogens is 6. The van der Waals surface area contributed by atoms with Crippen molar-refractivity contribution in [3.05, 3.63) is 60.3 Å². The van der Waals surface area contributed by atoms with Crippen molar-refractivity contribution in [1.29, 1.82) is 0 Å². The van der Waals surface area contributed by atoms with Crippen molar-refractivity contribution in [2.75, 3.05) is 11.9 Å². The summed E-state index contributed by atoms with van der Waals surface area (Å²) in [6, 6.07) is 14.1. The van der Waals surface area contributed by atoms with Crippen molar-refractivity contribution in [2.45, 2.75) is 26.8 Å². The zero-order valence-electron chi connectivity index (χ0n) is 14.9. The van der Waals surface area contributed by atoms with Crippen molar-refractivity contribution in [1.82, 2.24) is 29.4 Å². The van der Waals surface area contributed by atoms with E-state index in [4.69, 9.17) is 4.98 Å². The second kappa shape index (κ2) is 6.95. The van der Waals surface area contributed by atoms with Gasteiger partial charge in [-0.1, -0.05) is 30.3 Å². The highest BCUT2D eigenvalue weighted by Crippen LogP contribution is 2.21. The van der Waals surface area contributed by atoms with Crippen LogP contribution in [0.25, 0.3) is 16.9 Å². The number of nitrogens with one attached hydrogen (secondary N) is 1. The molecule has 0 atom stereocenters. The van der Waals surface area contributed by atoms with Crippen molar-refractivity contribution in [3.63, 3.8) is 0 Å². The van der Waals surface area contributed by atoms with Crippen molar-refractivity contribution in [2.24, 2.45) is 0 Å². The van der Waals surface area contributed by atoms with Crippen LogP contribution in [0.1, 0.15) is 18.1 Å². The summed E-state index contributed by atoms with van der Waals surface area (Å²) in [6.07, 6.45) is 2.71. The van der Waals surface area contributed by atoms with Crippen molar-refractivity contribution in [3.8, 4) is 11.3 Å². The lowest BCUT2D eigenvalue weighted by molar-refractivity contribution is 0.571. The molecule has 4 rings (SSSR count). The molecule has 3 heterocycles. The zero-order chi connectivity index (χ0) is 17.9. The van der Waals surface area contributed by atoms with Gasteiger partial charge in [-0.05, 0) is 20.3 Å². The Bertz CT molecular complexity index is 1020. The maximum absolute atomic E-state index is 4.69. The van der Waals surface area contributed by atoms with Gasteiger partial charge in [-0.2, -0.15) is 14.7 Å². The lowest BCUT2D eigenvalue weighted by Gasteiger charge is -2.11. The van der Waals surface area contributed by atoms with Crippen LogP contribution in [-0.2, 0) is 6.54 Å². The third kappa shape index (κ3) is 3.28. The van der Waals surface area contributed by atoms with E-state index in [9.17, 15) is 0 Å². The minimum absolute atomic E-state index is 0.811. The predicted molar refractivity (Wildman–Crippen MR) is 101 cm³/mol. The number of anilines is 1. The molecule has 0 saturated carbocycles. The number of benzene rings is 1. The quantitative estimate of drug-likeness (QED) is 0.543. The summed E-state index contributed by atoms with van der Waals surface area (Å²) in [4.78, 5) is 9.03. The summed E-state index contributed by atoms with van der Waals surface area (Å²) >= 11 is 0. The largest absolute Gasteiger partial charge is 0.370 e. The van der Waals surface area contributed by atoms with Crippen LogP contribution >= 0.6 is 0 Å². The van der Waals surface area contributed by atoms with E-state index >= 15 is 0 Å². The molecule has 0 aliphatic heterocycles. The van der Waals surface area contributed by atoms with Crippen LogP contribution in [0.15, 0.2) is 48.7 Å². The molecule has 7 heteroatoms. The first kappa shape index (κ1) is 16.3. The van der Waals surface area contributed by atoms with Gasteiger partial charge in [-0.3, -0.25) is 4.68 Å². The molecule has 0 aliphatic carbocycles. The van der Waals surface area contributed by atoms with Gasteiger partial charge in [0.05, 0.1) is 11.9 Å². The highest BCUT2D eigenvalue weighted by atomic mass is 15.3. The number of rotatable bonds is 6. The van der Waals surface area contributed by atoms with E-state index < -0.39 is 0 Å². The van der Waals surface area contributed by atoms with Crippen LogP contribution in [-0.4, -0.2) is 35.9 Å². The summed E-state index contributed by atoms with van der Waals surface area (Å²) in [7, 11) is 0. The predicted octanol–water partition coefficient (Wildman–Crippen LogP) is 3.11. The van der Waals surface area contributed by atoms with Crippen molar-refractivity contribution < 1.29 is 0 Å². The number of hydrogen-bond donors (Lipinski definition) is 1. The van der Waals surface area contributed by atoms with Crippen LogP contribution in [0.3, 0.4) is 0 Å². The van der Waals surface area contributed by atoms with E-state index in [2.05, 4.69) is 32.6 Å². The van der Waals surface area contributed by atoms with E-state index in [1.165, 1.54) is 0 Å². The van der Waals surface area contributed by atoms with Gasteiger partial charge < -0.3 is 5.32 Å². The molecule has 4 aromatic rings. The van der Waals surface area contributed by atoms with E-state index in [1.54, 1.807) is 6.20 Å². The van der Waals surface area contributed by atoms with Crippen LogP contribution in [0.4, 0.5) is 5.82 Å². The first-order chi connectivity index (χ1) is 12.7. The van der Waals surface area contributed by atoms with Gasteiger partial charge in [0.2, 0.25) is 0 Å². The van der Waals surface area contributed by atoms with Gasteiger partial charge in [0.1, 0.15) is 17.5 Å². The fourth-order valence-electron chi connectivity index (χ4n) is 3.01. The number of aryl methyl sites for hydroxylation is 3. The summed E-state index contributed by atoms with van der Waals surface area (Å²) in [5.41, 5.74) is 2.86. The molecule has 7 nitrogen and oxygen atoms in total. The lowest BCUT2D eigenvalue weighted by Crippen LogP contribution is -2.11. The van der Waals surface area contributed by atoms with Gasteiger partial charge in [0.25, 0.3) is 0 Å². The standard InChI is InChI=1S/C19H21N7/c1-14-22-15(2)25(24-14)12-6-10-20-19-13-17(16-7-4-3-5-8-16)23-18-9-11-21-26(18)19/h3-5,7-9,11,13,20H,6,10,12H2,1-2H3. The minimum atomic E-state index is 0.811. The summed E-state index contributed by atoms with van der Waals surface area (Å²) < 4.78 is 3.78. The Kier molecular flexibility index (Phi) is 4.35. The first-order valence-electron chi connectivity index (χ1n) is 8.73. The summed E-state index contributed by atoms with van der Waals surface area (Å²) in [6.45, 7) is 5.54. The van der Waals surface area contributed by atoms with Crippen LogP contribution < -0.4 is 5.32 Å². The lowest BCUT2D eigenvalue weighted by atomic mass is 10.1. The number of hydrogen-bond acceptors (Lipinski definition) is 5. The maximum Gasteiger partial charge on any atom is 0.157 e. The fraction of sp³-hybridized carbons (Fsp3) is 0.263. The molecule has 0 unspecified atom stereocenters. The second-order valence-electron chi connectivity index (χ2n) is 6.20. The Balaban J connectivity index is 1.50. The van der Waals surface area contributed by atoms with Gasteiger partial charge in [0.15, 0.2) is 5.65 Å². The minimum Gasteiger partial charge on any atom is -0.370 e. The van der Waals surface area contributed by atoms with Crippen LogP contribution in [0, 0.1) is 13.8 Å². The fourth-order valence-corrected chi connectivity index (χ4v) is 3.01. The number of nitrogens with zero attached hydrogens (tertiary/aromatic N) is 6. The smallest absolute Gasteiger partial charge is 0.157 e. The highest BCUT2D eigenvalue weighted by Gasteiger charge is 2.08. The third-order valence-corrected chi connectivity index (χ3v) is 4.24. The molecule has 0 saturated heterocycles. The van der Waals surface area contributed by atoms with E-state index in [-0.39, 0.29) is 0 Å². The Hall–Kier alpha value is -3.22. The van der Waals surface area contributed by atoms with Crippen LogP contribution in [0.5, 0.6) is 0 Å². The molecule has 132 valence electrons. The Labute approximate surface area is 151 Å². The van der Waals surface area contributed by atoms with E-state index in [1.807, 2.05) is 53.4 Å². The first-order valence-corrected chi connectivity index (χ1v) is 8.73. The third-order valence-electron chi connectivity index (χ3n) is 4.24. The Morgan fingerprint density at radius 2 is 1.88 bits per heavy atom. The average Bonchev–Trinajstić information content (AvgIpc) is 3.25.